The number of benzene rings is 1. The molecule has 1 aromatic carbocycles. The van der Waals surface area contributed by atoms with Gasteiger partial charge in [-0.3, -0.25) is 4.79 Å². The summed E-state index contributed by atoms with van der Waals surface area (Å²) in [4.78, 5) is 11.7. The molecule has 1 aromatic rings. The number of hydrogen-bond acceptors (Lipinski definition) is 4. The standard InChI is InChI=1S/C15H24N2O3/c1-5-16-9-12-7-6-8-13(19-4)15(12)20-10-14(18)17-11(2)3/h6-8,11,16H,5,9-10H2,1-4H3,(H,17,18). The monoisotopic (exact) mass is 280 g/mol. The molecule has 5 nitrogen and oxygen atoms in total. The van der Waals surface area contributed by atoms with Crippen molar-refractivity contribution >= 4 is 5.91 Å². The predicted molar refractivity (Wildman–Crippen MR) is 79.1 cm³/mol. The van der Waals surface area contributed by atoms with Gasteiger partial charge in [0.2, 0.25) is 0 Å². The molecule has 0 heterocycles. The van der Waals surface area contributed by atoms with Gasteiger partial charge in [-0.05, 0) is 26.5 Å². The van der Waals surface area contributed by atoms with E-state index in [2.05, 4.69) is 10.6 Å². The lowest BCUT2D eigenvalue weighted by Gasteiger charge is -2.16. The highest BCUT2D eigenvalue weighted by molar-refractivity contribution is 5.77. The maximum Gasteiger partial charge on any atom is 0.258 e. The molecule has 0 saturated heterocycles. The summed E-state index contributed by atoms with van der Waals surface area (Å²) in [5.74, 6) is 1.12. The number of carbonyl (C=O) groups excluding carboxylic acids is 1. The summed E-state index contributed by atoms with van der Waals surface area (Å²) in [6.45, 7) is 7.39. The van der Waals surface area contributed by atoms with Crippen LogP contribution in [0.25, 0.3) is 0 Å². The molecule has 112 valence electrons. The van der Waals surface area contributed by atoms with Gasteiger partial charge in [-0.15, -0.1) is 0 Å². The van der Waals surface area contributed by atoms with E-state index in [0.717, 1.165) is 12.1 Å². The Morgan fingerprint density at radius 1 is 1.35 bits per heavy atom. The summed E-state index contributed by atoms with van der Waals surface area (Å²) in [6, 6.07) is 5.79. The van der Waals surface area contributed by atoms with Gasteiger partial charge < -0.3 is 20.1 Å². The van der Waals surface area contributed by atoms with E-state index in [1.807, 2.05) is 39.0 Å². The van der Waals surface area contributed by atoms with Crippen LogP contribution in [0.3, 0.4) is 0 Å². The summed E-state index contributed by atoms with van der Waals surface area (Å²) in [5, 5.41) is 6.03. The molecule has 0 unspecified atom stereocenters. The summed E-state index contributed by atoms with van der Waals surface area (Å²) in [6.07, 6.45) is 0. The predicted octanol–water partition coefficient (Wildman–Crippen LogP) is 1.71. The average Bonchev–Trinajstić information content (AvgIpc) is 2.42. The van der Waals surface area contributed by atoms with E-state index in [1.54, 1.807) is 7.11 Å². The van der Waals surface area contributed by atoms with E-state index in [1.165, 1.54) is 0 Å². The molecule has 0 aliphatic heterocycles. The molecular weight excluding hydrogens is 256 g/mol. The lowest BCUT2D eigenvalue weighted by molar-refractivity contribution is -0.123. The molecule has 0 saturated carbocycles. The van der Waals surface area contributed by atoms with Crippen LogP contribution in [0.2, 0.25) is 0 Å². The molecule has 0 aromatic heterocycles. The molecule has 0 fully saturated rings. The number of ether oxygens (including phenoxy) is 2. The molecule has 2 N–H and O–H groups in total. The first-order valence-electron chi connectivity index (χ1n) is 6.87. The molecular formula is C15H24N2O3. The topological polar surface area (TPSA) is 59.6 Å². The van der Waals surface area contributed by atoms with Crippen molar-refractivity contribution in [3.05, 3.63) is 23.8 Å². The fraction of sp³-hybridized carbons (Fsp3) is 0.533. The van der Waals surface area contributed by atoms with Gasteiger partial charge in [0.1, 0.15) is 0 Å². The molecule has 5 heteroatoms. The first-order valence-corrected chi connectivity index (χ1v) is 6.87. The van der Waals surface area contributed by atoms with Crippen molar-refractivity contribution in [1.82, 2.24) is 10.6 Å². The van der Waals surface area contributed by atoms with E-state index in [9.17, 15) is 4.79 Å². The van der Waals surface area contributed by atoms with Crippen molar-refractivity contribution in [3.63, 3.8) is 0 Å². The van der Waals surface area contributed by atoms with Gasteiger partial charge in [-0.1, -0.05) is 19.1 Å². The minimum Gasteiger partial charge on any atom is -0.493 e. The highest BCUT2D eigenvalue weighted by atomic mass is 16.5. The van der Waals surface area contributed by atoms with Crippen LogP contribution in [0, 0.1) is 0 Å². The van der Waals surface area contributed by atoms with Crippen LogP contribution in [-0.2, 0) is 11.3 Å². The molecule has 0 bridgehead atoms. The summed E-state index contributed by atoms with van der Waals surface area (Å²) in [5.41, 5.74) is 0.976. The van der Waals surface area contributed by atoms with Gasteiger partial charge in [-0.2, -0.15) is 0 Å². The Labute approximate surface area is 120 Å². The second-order valence-electron chi connectivity index (χ2n) is 4.74. The number of rotatable bonds is 8. The number of carbonyl (C=O) groups is 1. The number of hydrogen-bond donors (Lipinski definition) is 2. The maximum atomic E-state index is 11.7. The Balaban J connectivity index is 2.77. The second kappa shape index (κ2) is 8.43. The highest BCUT2D eigenvalue weighted by Crippen LogP contribution is 2.30. The molecule has 0 spiro atoms. The molecule has 0 aliphatic carbocycles. The first-order chi connectivity index (χ1) is 9.58. The van der Waals surface area contributed by atoms with Crippen molar-refractivity contribution in [2.24, 2.45) is 0 Å². The quantitative estimate of drug-likeness (QED) is 0.761. The summed E-state index contributed by atoms with van der Waals surface area (Å²) in [7, 11) is 1.59. The molecule has 0 radical (unpaired) electrons. The normalized spacial score (nSPS) is 10.4. The van der Waals surface area contributed by atoms with E-state index >= 15 is 0 Å². The molecule has 0 aliphatic rings. The van der Waals surface area contributed by atoms with Crippen LogP contribution < -0.4 is 20.1 Å². The zero-order valence-corrected chi connectivity index (χ0v) is 12.7. The largest absolute Gasteiger partial charge is 0.493 e. The zero-order chi connectivity index (χ0) is 15.0. The Kier molecular flexibility index (Phi) is 6.87. The van der Waals surface area contributed by atoms with Crippen LogP contribution in [0.15, 0.2) is 18.2 Å². The van der Waals surface area contributed by atoms with E-state index < -0.39 is 0 Å². The van der Waals surface area contributed by atoms with Crippen molar-refractivity contribution in [1.29, 1.82) is 0 Å². The Morgan fingerprint density at radius 3 is 2.70 bits per heavy atom. The van der Waals surface area contributed by atoms with E-state index in [4.69, 9.17) is 9.47 Å². The van der Waals surface area contributed by atoms with Gasteiger partial charge in [0, 0.05) is 18.2 Å². The third-order valence-electron chi connectivity index (χ3n) is 2.64. The number of nitrogens with one attached hydrogen (secondary N) is 2. The van der Waals surface area contributed by atoms with Crippen LogP contribution in [0.5, 0.6) is 11.5 Å². The van der Waals surface area contributed by atoms with Crippen LogP contribution in [0.4, 0.5) is 0 Å². The fourth-order valence-electron chi connectivity index (χ4n) is 1.79. The molecule has 1 amide bonds. The second-order valence-corrected chi connectivity index (χ2v) is 4.74. The number of methoxy groups -OCH3 is 1. The van der Waals surface area contributed by atoms with Gasteiger partial charge in [0.25, 0.3) is 5.91 Å². The maximum absolute atomic E-state index is 11.7. The van der Waals surface area contributed by atoms with E-state index in [0.29, 0.717) is 18.0 Å². The fourth-order valence-corrected chi connectivity index (χ4v) is 1.79. The Morgan fingerprint density at radius 2 is 2.10 bits per heavy atom. The Bertz CT molecular complexity index is 433. The van der Waals surface area contributed by atoms with Gasteiger partial charge in [0.15, 0.2) is 18.1 Å². The smallest absolute Gasteiger partial charge is 0.258 e. The lowest BCUT2D eigenvalue weighted by atomic mass is 10.2. The minimum atomic E-state index is -0.139. The highest BCUT2D eigenvalue weighted by Gasteiger charge is 2.12. The van der Waals surface area contributed by atoms with Crippen molar-refractivity contribution in [2.75, 3.05) is 20.3 Å². The average molecular weight is 280 g/mol. The van der Waals surface area contributed by atoms with E-state index in [-0.39, 0.29) is 18.6 Å². The molecule has 1 rings (SSSR count). The molecule has 0 atom stereocenters. The third-order valence-corrected chi connectivity index (χ3v) is 2.64. The van der Waals surface area contributed by atoms with Crippen LogP contribution in [-0.4, -0.2) is 32.2 Å². The van der Waals surface area contributed by atoms with Crippen LogP contribution >= 0.6 is 0 Å². The first kappa shape index (κ1) is 16.3. The van der Waals surface area contributed by atoms with Gasteiger partial charge >= 0.3 is 0 Å². The third kappa shape index (κ3) is 5.09. The SMILES string of the molecule is CCNCc1cccc(OC)c1OCC(=O)NC(C)C. The van der Waals surface area contributed by atoms with Crippen molar-refractivity contribution in [2.45, 2.75) is 33.4 Å². The van der Waals surface area contributed by atoms with Crippen LogP contribution in [0.1, 0.15) is 26.3 Å². The van der Waals surface area contributed by atoms with Gasteiger partial charge in [0.05, 0.1) is 7.11 Å². The number of para-hydroxylation sites is 1. The Hall–Kier alpha value is -1.75. The van der Waals surface area contributed by atoms with Gasteiger partial charge in [-0.25, -0.2) is 0 Å². The van der Waals surface area contributed by atoms with Crippen molar-refractivity contribution in [3.8, 4) is 11.5 Å². The van der Waals surface area contributed by atoms with Crippen molar-refractivity contribution < 1.29 is 14.3 Å². The lowest BCUT2D eigenvalue weighted by Crippen LogP contribution is -2.34. The summed E-state index contributed by atoms with van der Waals surface area (Å²) < 4.78 is 10.9. The molecule has 20 heavy (non-hydrogen) atoms. The minimum absolute atomic E-state index is 0.0162. The summed E-state index contributed by atoms with van der Waals surface area (Å²) >= 11 is 0. The zero-order valence-electron chi connectivity index (χ0n) is 12.7. The number of amides is 1.